The summed E-state index contributed by atoms with van der Waals surface area (Å²) in [7, 11) is -2.93. The van der Waals surface area contributed by atoms with Gasteiger partial charge < -0.3 is 10.6 Å². The summed E-state index contributed by atoms with van der Waals surface area (Å²) >= 11 is 5.99. The Morgan fingerprint density at radius 3 is 2.62 bits per heavy atom. The molecule has 1 aromatic carbocycles. The molecule has 24 heavy (non-hydrogen) atoms. The van der Waals surface area contributed by atoms with Gasteiger partial charge in [-0.1, -0.05) is 23.7 Å². The maximum Gasteiger partial charge on any atom is 0.257 e. The molecular formula is C16H16ClN3O3S. The second-order valence-corrected chi connectivity index (χ2v) is 8.25. The molecule has 0 aliphatic carbocycles. The molecule has 2 N–H and O–H groups in total. The van der Waals surface area contributed by atoms with E-state index in [1.165, 1.54) is 6.20 Å². The van der Waals surface area contributed by atoms with Crippen LogP contribution in [0.2, 0.25) is 5.02 Å². The van der Waals surface area contributed by atoms with Crippen LogP contribution in [-0.4, -0.2) is 36.9 Å². The summed E-state index contributed by atoms with van der Waals surface area (Å²) in [6.45, 7) is 0. The van der Waals surface area contributed by atoms with E-state index < -0.39 is 9.84 Å². The molecule has 0 saturated carbocycles. The zero-order chi connectivity index (χ0) is 17.2. The molecule has 3 rings (SSSR count). The van der Waals surface area contributed by atoms with Gasteiger partial charge in [0.1, 0.15) is 5.82 Å². The topological polar surface area (TPSA) is 88.2 Å². The lowest BCUT2D eigenvalue weighted by Crippen LogP contribution is -2.21. The van der Waals surface area contributed by atoms with Crippen molar-refractivity contribution in [3.05, 3.63) is 53.2 Å². The number of carbonyl (C=O) groups is 1. The normalized spacial score (nSPS) is 19.0. The molecule has 1 unspecified atom stereocenters. The molecule has 1 atom stereocenters. The Balaban J connectivity index is 1.63. The molecule has 1 fully saturated rings. The second-order valence-electron chi connectivity index (χ2n) is 5.61. The minimum atomic E-state index is -2.93. The Hall–Kier alpha value is -2.12. The van der Waals surface area contributed by atoms with Crippen molar-refractivity contribution >= 4 is 38.9 Å². The van der Waals surface area contributed by atoms with E-state index in [-0.39, 0.29) is 23.5 Å². The SMILES string of the molecule is O=C(Nc1ccc(NC2CCS(=O)(=O)C2)nc1)c1ccccc1Cl. The van der Waals surface area contributed by atoms with Gasteiger partial charge in [0.05, 0.1) is 34.0 Å². The lowest BCUT2D eigenvalue weighted by molar-refractivity contribution is 0.102. The molecule has 0 radical (unpaired) electrons. The number of nitrogens with one attached hydrogen (secondary N) is 2. The Bertz CT molecular complexity index is 853. The van der Waals surface area contributed by atoms with Crippen LogP contribution in [0.1, 0.15) is 16.8 Å². The van der Waals surface area contributed by atoms with Crippen LogP contribution in [0, 0.1) is 0 Å². The van der Waals surface area contributed by atoms with Crippen LogP contribution < -0.4 is 10.6 Å². The highest BCUT2D eigenvalue weighted by Gasteiger charge is 2.27. The van der Waals surface area contributed by atoms with Gasteiger partial charge in [-0.15, -0.1) is 0 Å². The van der Waals surface area contributed by atoms with Crippen LogP contribution in [-0.2, 0) is 9.84 Å². The van der Waals surface area contributed by atoms with E-state index in [0.29, 0.717) is 28.5 Å². The predicted octanol–water partition coefficient (Wildman–Crippen LogP) is 2.59. The summed E-state index contributed by atoms with van der Waals surface area (Å²) in [5, 5.41) is 6.20. The van der Waals surface area contributed by atoms with Crippen LogP contribution in [0.3, 0.4) is 0 Å². The van der Waals surface area contributed by atoms with Crippen molar-refractivity contribution in [3.63, 3.8) is 0 Å². The first-order valence-corrected chi connectivity index (χ1v) is 9.62. The second kappa shape index (κ2) is 6.78. The van der Waals surface area contributed by atoms with Gasteiger partial charge in [-0.3, -0.25) is 4.79 Å². The molecule has 1 aliphatic rings. The van der Waals surface area contributed by atoms with Crippen molar-refractivity contribution in [2.75, 3.05) is 22.1 Å². The molecular weight excluding hydrogens is 350 g/mol. The average Bonchev–Trinajstić information content (AvgIpc) is 2.88. The maximum atomic E-state index is 12.2. The quantitative estimate of drug-likeness (QED) is 0.869. The number of benzene rings is 1. The summed E-state index contributed by atoms with van der Waals surface area (Å²) in [4.78, 5) is 16.4. The Labute approximate surface area is 145 Å². The minimum absolute atomic E-state index is 0.119. The highest BCUT2D eigenvalue weighted by molar-refractivity contribution is 7.91. The predicted molar refractivity (Wildman–Crippen MR) is 94.3 cm³/mol. The molecule has 1 aliphatic heterocycles. The number of sulfone groups is 1. The highest BCUT2D eigenvalue weighted by atomic mass is 35.5. The third-order valence-corrected chi connectivity index (χ3v) is 5.82. The summed E-state index contributed by atoms with van der Waals surface area (Å²) in [6, 6.07) is 10.1. The van der Waals surface area contributed by atoms with Gasteiger partial charge in [-0.05, 0) is 30.7 Å². The molecule has 1 saturated heterocycles. The molecule has 0 bridgehead atoms. The van der Waals surface area contributed by atoms with Crippen molar-refractivity contribution in [1.29, 1.82) is 0 Å². The smallest absolute Gasteiger partial charge is 0.257 e. The van der Waals surface area contributed by atoms with Crippen LogP contribution in [0.5, 0.6) is 0 Å². The fraction of sp³-hybridized carbons (Fsp3) is 0.250. The van der Waals surface area contributed by atoms with Crippen LogP contribution >= 0.6 is 11.6 Å². The third-order valence-electron chi connectivity index (χ3n) is 3.72. The fourth-order valence-corrected chi connectivity index (χ4v) is 4.41. The number of amides is 1. The highest BCUT2D eigenvalue weighted by Crippen LogP contribution is 2.19. The van der Waals surface area contributed by atoms with Crippen molar-refractivity contribution in [2.45, 2.75) is 12.5 Å². The monoisotopic (exact) mass is 365 g/mol. The first-order chi connectivity index (χ1) is 11.4. The van der Waals surface area contributed by atoms with Crippen LogP contribution in [0.15, 0.2) is 42.6 Å². The molecule has 2 aromatic rings. The average molecular weight is 366 g/mol. The standard InChI is InChI=1S/C16H16ClN3O3S/c17-14-4-2-1-3-13(14)16(21)20-11-5-6-15(18-9-11)19-12-7-8-24(22,23)10-12/h1-6,9,12H,7-8,10H2,(H,18,19)(H,20,21). The zero-order valence-electron chi connectivity index (χ0n) is 12.7. The van der Waals surface area contributed by atoms with Gasteiger partial charge in [-0.2, -0.15) is 0 Å². The van der Waals surface area contributed by atoms with Crippen molar-refractivity contribution in [1.82, 2.24) is 4.98 Å². The number of halogens is 1. The Kier molecular flexibility index (Phi) is 4.73. The van der Waals surface area contributed by atoms with Gasteiger partial charge in [-0.25, -0.2) is 13.4 Å². The van der Waals surface area contributed by atoms with E-state index in [1.807, 2.05) is 0 Å². The zero-order valence-corrected chi connectivity index (χ0v) is 14.3. The molecule has 0 spiro atoms. The fourth-order valence-electron chi connectivity index (χ4n) is 2.51. The van der Waals surface area contributed by atoms with E-state index in [1.54, 1.807) is 36.4 Å². The first-order valence-electron chi connectivity index (χ1n) is 7.42. The van der Waals surface area contributed by atoms with Crippen molar-refractivity contribution in [2.24, 2.45) is 0 Å². The number of anilines is 2. The molecule has 1 amide bonds. The largest absolute Gasteiger partial charge is 0.366 e. The van der Waals surface area contributed by atoms with Gasteiger partial charge in [0.25, 0.3) is 5.91 Å². The molecule has 8 heteroatoms. The number of carbonyl (C=O) groups excluding carboxylic acids is 1. The van der Waals surface area contributed by atoms with Crippen LogP contribution in [0.25, 0.3) is 0 Å². The van der Waals surface area contributed by atoms with Gasteiger partial charge >= 0.3 is 0 Å². The third kappa shape index (κ3) is 4.04. The summed E-state index contributed by atoms with van der Waals surface area (Å²) in [6.07, 6.45) is 2.09. The van der Waals surface area contributed by atoms with E-state index in [4.69, 9.17) is 11.6 Å². The molecule has 126 valence electrons. The van der Waals surface area contributed by atoms with E-state index in [0.717, 1.165) is 0 Å². The molecule has 2 heterocycles. The lowest BCUT2D eigenvalue weighted by atomic mass is 10.2. The first kappa shape index (κ1) is 16.7. The number of aromatic nitrogens is 1. The van der Waals surface area contributed by atoms with Crippen molar-refractivity contribution in [3.8, 4) is 0 Å². The van der Waals surface area contributed by atoms with Gasteiger partial charge in [0.15, 0.2) is 9.84 Å². The number of hydrogen-bond acceptors (Lipinski definition) is 5. The van der Waals surface area contributed by atoms with E-state index in [2.05, 4.69) is 15.6 Å². The maximum absolute atomic E-state index is 12.2. The van der Waals surface area contributed by atoms with Gasteiger partial charge in [0, 0.05) is 6.04 Å². The number of nitrogens with zero attached hydrogens (tertiary/aromatic N) is 1. The molecule has 6 nitrogen and oxygen atoms in total. The summed E-state index contributed by atoms with van der Waals surface area (Å²) in [5.41, 5.74) is 0.919. The van der Waals surface area contributed by atoms with E-state index in [9.17, 15) is 13.2 Å². The van der Waals surface area contributed by atoms with Crippen LogP contribution in [0.4, 0.5) is 11.5 Å². The number of pyridine rings is 1. The Morgan fingerprint density at radius 2 is 2.00 bits per heavy atom. The summed E-state index contributed by atoms with van der Waals surface area (Å²) in [5.74, 6) is 0.592. The van der Waals surface area contributed by atoms with Gasteiger partial charge in [0.2, 0.25) is 0 Å². The minimum Gasteiger partial charge on any atom is -0.366 e. The number of hydrogen-bond donors (Lipinski definition) is 2. The summed E-state index contributed by atoms with van der Waals surface area (Å²) < 4.78 is 22.9. The van der Waals surface area contributed by atoms with Crippen molar-refractivity contribution < 1.29 is 13.2 Å². The van der Waals surface area contributed by atoms with E-state index >= 15 is 0 Å². The molecule has 1 aromatic heterocycles. The lowest BCUT2D eigenvalue weighted by Gasteiger charge is -2.12. The Morgan fingerprint density at radius 1 is 1.21 bits per heavy atom. The number of rotatable bonds is 4.